The lowest BCUT2D eigenvalue weighted by Gasteiger charge is -2.29. The van der Waals surface area contributed by atoms with Crippen LogP contribution in [0.3, 0.4) is 0 Å². The Bertz CT molecular complexity index is 1420. The Morgan fingerprint density at radius 3 is 2.56 bits per heavy atom. The van der Waals surface area contributed by atoms with Crippen molar-refractivity contribution in [3.8, 4) is 10.8 Å². The molecule has 9 heteroatoms. The van der Waals surface area contributed by atoms with Crippen molar-refractivity contribution < 1.29 is 18.8 Å². The lowest BCUT2D eigenvalue weighted by atomic mass is 10.1. The number of anilines is 3. The second-order valence-corrected chi connectivity index (χ2v) is 8.83. The van der Waals surface area contributed by atoms with E-state index in [1.807, 2.05) is 25.1 Å². The van der Waals surface area contributed by atoms with Gasteiger partial charge in [-0.15, -0.1) is 11.3 Å². The van der Waals surface area contributed by atoms with E-state index < -0.39 is 0 Å². The molecule has 0 fully saturated rings. The van der Waals surface area contributed by atoms with Crippen LogP contribution < -0.4 is 15.5 Å². The number of furan rings is 1. The number of rotatable bonds is 4. The Labute approximate surface area is 199 Å². The molecule has 3 amide bonds. The molecule has 0 saturated heterocycles. The van der Waals surface area contributed by atoms with Crippen LogP contribution in [0.15, 0.2) is 65.1 Å². The minimum atomic E-state index is -0.295. The number of fused-ring (bicyclic) bond motifs is 1. The molecule has 0 spiro atoms. The van der Waals surface area contributed by atoms with Gasteiger partial charge < -0.3 is 15.1 Å². The number of nitrogens with zero attached hydrogens (tertiary/aromatic N) is 2. The largest absolute Gasteiger partial charge is 0.459 e. The molecule has 3 heterocycles. The third kappa shape index (κ3) is 4.08. The van der Waals surface area contributed by atoms with E-state index in [-0.39, 0.29) is 24.3 Å². The Kier molecular flexibility index (Phi) is 5.46. The van der Waals surface area contributed by atoms with E-state index in [1.54, 1.807) is 49.4 Å². The molecule has 0 bridgehead atoms. The van der Waals surface area contributed by atoms with Crippen molar-refractivity contribution in [2.45, 2.75) is 13.8 Å². The highest BCUT2D eigenvalue weighted by Crippen LogP contribution is 2.31. The lowest BCUT2D eigenvalue weighted by Crippen LogP contribution is -2.42. The fourth-order valence-electron chi connectivity index (χ4n) is 3.72. The average Bonchev–Trinajstić information content (AvgIpc) is 3.44. The van der Waals surface area contributed by atoms with Crippen LogP contribution >= 0.6 is 11.3 Å². The molecule has 5 rings (SSSR count). The van der Waals surface area contributed by atoms with Gasteiger partial charge in [0.05, 0.1) is 17.1 Å². The quantitative estimate of drug-likeness (QED) is 0.441. The van der Waals surface area contributed by atoms with Crippen molar-refractivity contribution >= 4 is 46.1 Å². The number of hydrogen-bond acceptors (Lipinski definition) is 6. The van der Waals surface area contributed by atoms with Gasteiger partial charge in [-0.25, -0.2) is 4.98 Å². The molecule has 0 saturated carbocycles. The SMILES string of the molecule is Cc1ccc(-c2nc(C)c(C(=O)Nc3ccc(C(=O)N4CC(=O)Nc5ccccc54)cc3)s2)o1. The predicted octanol–water partition coefficient (Wildman–Crippen LogP) is 4.87. The van der Waals surface area contributed by atoms with Gasteiger partial charge in [-0.05, 0) is 62.4 Å². The number of nitrogens with one attached hydrogen (secondary N) is 2. The number of carbonyl (C=O) groups excluding carboxylic acids is 3. The first-order chi connectivity index (χ1) is 16.4. The summed E-state index contributed by atoms with van der Waals surface area (Å²) in [7, 11) is 0. The molecular weight excluding hydrogens is 452 g/mol. The van der Waals surface area contributed by atoms with E-state index in [9.17, 15) is 14.4 Å². The summed E-state index contributed by atoms with van der Waals surface area (Å²) >= 11 is 1.26. The van der Waals surface area contributed by atoms with Gasteiger partial charge in [0.15, 0.2) is 10.8 Å². The third-order valence-corrected chi connectivity index (χ3v) is 6.53. The summed E-state index contributed by atoms with van der Waals surface area (Å²) in [6, 6.07) is 17.4. The number of amides is 3. The number of benzene rings is 2. The monoisotopic (exact) mass is 472 g/mol. The van der Waals surface area contributed by atoms with E-state index in [4.69, 9.17) is 4.42 Å². The molecule has 1 aliphatic rings. The zero-order chi connectivity index (χ0) is 23.8. The van der Waals surface area contributed by atoms with Crippen LogP contribution in [0.5, 0.6) is 0 Å². The Morgan fingerprint density at radius 2 is 1.82 bits per heavy atom. The maximum Gasteiger partial charge on any atom is 0.267 e. The van der Waals surface area contributed by atoms with Gasteiger partial charge in [-0.1, -0.05) is 12.1 Å². The number of thiazole rings is 1. The van der Waals surface area contributed by atoms with Gasteiger partial charge in [0.25, 0.3) is 11.8 Å². The number of para-hydroxylation sites is 2. The van der Waals surface area contributed by atoms with Crippen LogP contribution in [0.25, 0.3) is 10.8 Å². The Hall–Kier alpha value is -4.24. The summed E-state index contributed by atoms with van der Waals surface area (Å²) in [4.78, 5) is 44.3. The smallest absolute Gasteiger partial charge is 0.267 e. The van der Waals surface area contributed by atoms with Crippen LogP contribution in [0.1, 0.15) is 31.5 Å². The molecule has 1 aliphatic heterocycles. The second-order valence-electron chi connectivity index (χ2n) is 7.83. The van der Waals surface area contributed by atoms with Crippen molar-refractivity contribution in [3.05, 3.63) is 82.6 Å². The average molecular weight is 473 g/mol. The van der Waals surface area contributed by atoms with E-state index >= 15 is 0 Å². The minimum absolute atomic E-state index is 0.0590. The molecule has 0 aliphatic carbocycles. The molecule has 0 unspecified atom stereocenters. The van der Waals surface area contributed by atoms with Crippen molar-refractivity contribution in [3.63, 3.8) is 0 Å². The first kappa shape index (κ1) is 21.6. The highest BCUT2D eigenvalue weighted by atomic mass is 32.1. The van der Waals surface area contributed by atoms with E-state index in [0.29, 0.717) is 44.0 Å². The Morgan fingerprint density at radius 1 is 1.06 bits per heavy atom. The first-order valence-electron chi connectivity index (χ1n) is 10.6. The normalized spacial score (nSPS) is 12.8. The molecule has 2 aromatic heterocycles. The molecule has 0 atom stereocenters. The summed E-state index contributed by atoms with van der Waals surface area (Å²) in [5.74, 6) is 0.569. The van der Waals surface area contributed by atoms with Crippen LogP contribution in [0.2, 0.25) is 0 Å². The van der Waals surface area contributed by atoms with Crippen LogP contribution in [0, 0.1) is 13.8 Å². The molecule has 170 valence electrons. The van der Waals surface area contributed by atoms with Crippen molar-refractivity contribution in [1.29, 1.82) is 0 Å². The predicted molar refractivity (Wildman–Crippen MR) is 130 cm³/mol. The zero-order valence-corrected chi connectivity index (χ0v) is 19.2. The minimum Gasteiger partial charge on any atom is -0.459 e. The van der Waals surface area contributed by atoms with E-state index in [1.165, 1.54) is 16.2 Å². The zero-order valence-electron chi connectivity index (χ0n) is 18.4. The molecule has 0 radical (unpaired) electrons. The molecule has 2 aromatic carbocycles. The summed E-state index contributed by atoms with van der Waals surface area (Å²) in [5.41, 5.74) is 2.81. The highest BCUT2D eigenvalue weighted by molar-refractivity contribution is 7.17. The molecule has 8 nitrogen and oxygen atoms in total. The van der Waals surface area contributed by atoms with Crippen LogP contribution in [-0.4, -0.2) is 29.3 Å². The van der Waals surface area contributed by atoms with Crippen molar-refractivity contribution in [1.82, 2.24) is 4.98 Å². The summed E-state index contributed by atoms with van der Waals surface area (Å²) in [6.45, 7) is 3.57. The second kappa shape index (κ2) is 8.60. The maximum absolute atomic E-state index is 13.1. The van der Waals surface area contributed by atoms with Crippen molar-refractivity contribution in [2.75, 3.05) is 22.1 Å². The first-order valence-corrected chi connectivity index (χ1v) is 11.4. The van der Waals surface area contributed by atoms with Gasteiger partial charge in [0, 0.05) is 11.3 Å². The third-order valence-electron chi connectivity index (χ3n) is 5.36. The summed E-state index contributed by atoms with van der Waals surface area (Å²) < 4.78 is 5.61. The van der Waals surface area contributed by atoms with Gasteiger partial charge in [-0.2, -0.15) is 0 Å². The highest BCUT2D eigenvalue weighted by Gasteiger charge is 2.27. The maximum atomic E-state index is 13.1. The van der Waals surface area contributed by atoms with Gasteiger partial charge in [0.1, 0.15) is 17.2 Å². The van der Waals surface area contributed by atoms with Crippen LogP contribution in [-0.2, 0) is 4.79 Å². The number of carbonyl (C=O) groups is 3. The molecule has 4 aromatic rings. The van der Waals surface area contributed by atoms with Gasteiger partial charge in [0.2, 0.25) is 5.91 Å². The van der Waals surface area contributed by atoms with Crippen LogP contribution in [0.4, 0.5) is 17.1 Å². The Balaban J connectivity index is 1.32. The van der Waals surface area contributed by atoms with Gasteiger partial charge in [-0.3, -0.25) is 19.3 Å². The fraction of sp³-hybridized carbons (Fsp3) is 0.120. The number of aryl methyl sites for hydroxylation is 2. The fourth-order valence-corrected chi connectivity index (χ4v) is 4.64. The number of hydrogen-bond donors (Lipinski definition) is 2. The summed E-state index contributed by atoms with van der Waals surface area (Å²) in [5, 5.41) is 6.26. The lowest BCUT2D eigenvalue weighted by molar-refractivity contribution is -0.115. The van der Waals surface area contributed by atoms with E-state index in [2.05, 4.69) is 15.6 Å². The van der Waals surface area contributed by atoms with E-state index in [0.717, 1.165) is 5.76 Å². The number of aromatic nitrogens is 1. The van der Waals surface area contributed by atoms with Crippen molar-refractivity contribution in [2.24, 2.45) is 0 Å². The molecular formula is C25H20N4O4S. The topological polar surface area (TPSA) is 105 Å². The van der Waals surface area contributed by atoms with Gasteiger partial charge >= 0.3 is 0 Å². The molecule has 34 heavy (non-hydrogen) atoms. The standard InChI is InChI=1S/C25H20N4O4S/c1-14-7-12-20(33-14)24-26-15(2)22(34-24)23(31)27-17-10-8-16(9-11-17)25(32)29-13-21(30)28-18-5-3-4-6-19(18)29/h3-12H,13H2,1-2H3,(H,27,31)(H,28,30). The molecule has 2 N–H and O–H groups in total. The summed E-state index contributed by atoms with van der Waals surface area (Å²) in [6.07, 6.45) is 0.